The Balaban J connectivity index is 2.28. The molecule has 0 fully saturated rings. The highest BCUT2D eigenvalue weighted by Gasteiger charge is 2.12. The predicted molar refractivity (Wildman–Crippen MR) is 78.2 cm³/mol. The third kappa shape index (κ3) is 2.93. The van der Waals surface area contributed by atoms with E-state index in [1.165, 1.54) is 0 Å². The normalized spacial score (nSPS) is 10.3. The van der Waals surface area contributed by atoms with E-state index < -0.39 is 0 Å². The van der Waals surface area contributed by atoms with E-state index in [0.29, 0.717) is 17.1 Å². The molecule has 0 saturated carbocycles. The van der Waals surface area contributed by atoms with Crippen molar-refractivity contribution in [1.82, 2.24) is 0 Å². The molecule has 2 aromatic rings. The fraction of sp³-hybridized carbons (Fsp3) is 0.200. The van der Waals surface area contributed by atoms with Gasteiger partial charge in [0.2, 0.25) is 0 Å². The number of ether oxygens (including phenoxy) is 1. The molecule has 0 heterocycles. The molecule has 4 heteroatoms. The van der Waals surface area contributed by atoms with Gasteiger partial charge in [-0.25, -0.2) is 0 Å². The number of para-hydroxylation sites is 2. The highest BCUT2D eigenvalue weighted by molar-refractivity contribution is 6.31. The van der Waals surface area contributed by atoms with Gasteiger partial charge in [0.05, 0.1) is 12.8 Å². The van der Waals surface area contributed by atoms with Crippen LogP contribution < -0.4 is 9.64 Å². The molecule has 0 bridgehead atoms. The zero-order chi connectivity index (χ0) is 13.8. The number of phenolic OH excluding ortho intramolecular Hbond substituents is 1. The molecule has 2 rings (SSSR count). The molecule has 2 aromatic carbocycles. The largest absolute Gasteiger partial charge is 0.508 e. The molecule has 0 aliphatic carbocycles. The predicted octanol–water partition coefficient (Wildman–Crippen LogP) is 3.69. The second-order valence-electron chi connectivity index (χ2n) is 4.27. The summed E-state index contributed by atoms with van der Waals surface area (Å²) in [7, 11) is 3.57. The summed E-state index contributed by atoms with van der Waals surface area (Å²) >= 11 is 6.12. The zero-order valence-corrected chi connectivity index (χ0v) is 11.7. The molecule has 0 spiro atoms. The van der Waals surface area contributed by atoms with Crippen molar-refractivity contribution in [2.24, 2.45) is 0 Å². The Kier molecular flexibility index (Phi) is 4.17. The van der Waals surface area contributed by atoms with Gasteiger partial charge in [-0.3, -0.25) is 0 Å². The lowest BCUT2D eigenvalue weighted by Gasteiger charge is -2.22. The van der Waals surface area contributed by atoms with Crippen molar-refractivity contribution >= 4 is 17.3 Å². The first-order chi connectivity index (χ1) is 9.13. The third-order valence-electron chi connectivity index (χ3n) is 2.99. The van der Waals surface area contributed by atoms with Crippen LogP contribution in [0.2, 0.25) is 5.02 Å². The molecular formula is C15H16ClNO2. The van der Waals surface area contributed by atoms with Crippen molar-refractivity contribution < 1.29 is 9.84 Å². The van der Waals surface area contributed by atoms with Gasteiger partial charge < -0.3 is 14.7 Å². The highest BCUT2D eigenvalue weighted by atomic mass is 35.5. The molecule has 0 atom stereocenters. The van der Waals surface area contributed by atoms with Gasteiger partial charge in [-0.2, -0.15) is 0 Å². The number of methoxy groups -OCH3 is 1. The average Bonchev–Trinajstić information content (AvgIpc) is 2.42. The van der Waals surface area contributed by atoms with E-state index in [9.17, 15) is 5.11 Å². The van der Waals surface area contributed by atoms with Gasteiger partial charge in [-0.15, -0.1) is 0 Å². The van der Waals surface area contributed by atoms with Crippen LogP contribution in [0.4, 0.5) is 5.69 Å². The SMILES string of the molecule is COc1ccccc1N(C)Cc1c(O)cccc1Cl. The fourth-order valence-corrected chi connectivity index (χ4v) is 2.20. The second kappa shape index (κ2) is 5.85. The number of benzene rings is 2. The molecule has 0 aliphatic rings. The maximum absolute atomic E-state index is 9.87. The lowest BCUT2D eigenvalue weighted by atomic mass is 10.1. The summed E-state index contributed by atoms with van der Waals surface area (Å²) in [6.07, 6.45) is 0. The van der Waals surface area contributed by atoms with Crippen molar-refractivity contribution in [3.63, 3.8) is 0 Å². The lowest BCUT2D eigenvalue weighted by Crippen LogP contribution is -2.17. The van der Waals surface area contributed by atoms with Gasteiger partial charge in [-0.1, -0.05) is 29.8 Å². The minimum Gasteiger partial charge on any atom is -0.508 e. The van der Waals surface area contributed by atoms with E-state index in [0.717, 1.165) is 11.4 Å². The van der Waals surface area contributed by atoms with Gasteiger partial charge in [-0.05, 0) is 24.3 Å². The average molecular weight is 278 g/mol. The number of hydrogen-bond acceptors (Lipinski definition) is 3. The minimum absolute atomic E-state index is 0.203. The number of hydrogen-bond donors (Lipinski definition) is 1. The molecule has 100 valence electrons. The van der Waals surface area contributed by atoms with Gasteiger partial charge in [0.1, 0.15) is 11.5 Å². The molecule has 0 radical (unpaired) electrons. The summed E-state index contributed by atoms with van der Waals surface area (Å²) in [5.41, 5.74) is 1.65. The quantitative estimate of drug-likeness (QED) is 0.925. The lowest BCUT2D eigenvalue weighted by molar-refractivity contribution is 0.414. The molecular weight excluding hydrogens is 262 g/mol. The first-order valence-corrected chi connectivity index (χ1v) is 6.31. The van der Waals surface area contributed by atoms with Crippen molar-refractivity contribution in [1.29, 1.82) is 0 Å². The Bertz CT molecular complexity index is 552. The molecule has 0 saturated heterocycles. The topological polar surface area (TPSA) is 32.7 Å². The Labute approximate surface area is 118 Å². The van der Waals surface area contributed by atoms with Crippen LogP contribution in [0.5, 0.6) is 11.5 Å². The smallest absolute Gasteiger partial charge is 0.142 e. The number of aromatic hydroxyl groups is 1. The monoisotopic (exact) mass is 277 g/mol. The summed E-state index contributed by atoms with van der Waals surface area (Å²) < 4.78 is 5.33. The number of nitrogens with zero attached hydrogens (tertiary/aromatic N) is 1. The number of phenols is 1. The number of anilines is 1. The third-order valence-corrected chi connectivity index (χ3v) is 3.34. The first-order valence-electron chi connectivity index (χ1n) is 5.94. The maximum atomic E-state index is 9.87. The molecule has 0 amide bonds. The van der Waals surface area contributed by atoms with Crippen LogP contribution in [0.1, 0.15) is 5.56 Å². The summed E-state index contributed by atoms with van der Waals surface area (Å²) in [6, 6.07) is 12.9. The summed E-state index contributed by atoms with van der Waals surface area (Å²) in [4.78, 5) is 1.99. The van der Waals surface area contributed by atoms with E-state index in [1.54, 1.807) is 25.3 Å². The van der Waals surface area contributed by atoms with Crippen molar-refractivity contribution in [2.45, 2.75) is 6.54 Å². The van der Waals surface area contributed by atoms with Crippen LogP contribution in [-0.4, -0.2) is 19.3 Å². The summed E-state index contributed by atoms with van der Waals surface area (Å²) in [5.74, 6) is 0.991. The van der Waals surface area contributed by atoms with Crippen molar-refractivity contribution in [2.75, 3.05) is 19.1 Å². The van der Waals surface area contributed by atoms with E-state index in [1.807, 2.05) is 36.2 Å². The minimum atomic E-state index is 0.203. The molecule has 1 N–H and O–H groups in total. The Morgan fingerprint density at radius 1 is 1.16 bits per heavy atom. The van der Waals surface area contributed by atoms with Crippen molar-refractivity contribution in [3.05, 3.63) is 53.1 Å². The van der Waals surface area contributed by atoms with Crippen LogP contribution in [0, 0.1) is 0 Å². The van der Waals surface area contributed by atoms with E-state index in [4.69, 9.17) is 16.3 Å². The van der Waals surface area contributed by atoms with Crippen molar-refractivity contribution in [3.8, 4) is 11.5 Å². The fourth-order valence-electron chi connectivity index (χ4n) is 1.97. The molecule has 0 aliphatic heterocycles. The van der Waals surface area contributed by atoms with Crippen LogP contribution >= 0.6 is 11.6 Å². The molecule has 0 aromatic heterocycles. The zero-order valence-electron chi connectivity index (χ0n) is 10.9. The second-order valence-corrected chi connectivity index (χ2v) is 4.67. The Morgan fingerprint density at radius 3 is 2.58 bits per heavy atom. The van der Waals surface area contributed by atoms with E-state index in [2.05, 4.69) is 0 Å². The Hall–Kier alpha value is -1.87. The summed E-state index contributed by atoms with van der Waals surface area (Å²) in [5, 5.41) is 10.4. The molecule has 0 unspecified atom stereocenters. The number of rotatable bonds is 4. The van der Waals surface area contributed by atoms with Crippen LogP contribution in [0.15, 0.2) is 42.5 Å². The molecule has 3 nitrogen and oxygen atoms in total. The maximum Gasteiger partial charge on any atom is 0.142 e. The van der Waals surface area contributed by atoms with Gasteiger partial charge in [0.25, 0.3) is 0 Å². The van der Waals surface area contributed by atoms with E-state index >= 15 is 0 Å². The standard InChI is InChI=1S/C15H16ClNO2/c1-17(13-7-3-4-9-15(13)19-2)10-11-12(16)6-5-8-14(11)18/h3-9,18H,10H2,1-2H3. The first kappa shape index (κ1) is 13.6. The Morgan fingerprint density at radius 2 is 1.89 bits per heavy atom. The van der Waals surface area contributed by atoms with Crippen LogP contribution in [0.3, 0.4) is 0 Å². The summed E-state index contributed by atoms with van der Waals surface area (Å²) in [6.45, 7) is 0.506. The van der Waals surface area contributed by atoms with Gasteiger partial charge in [0, 0.05) is 24.2 Å². The van der Waals surface area contributed by atoms with Crippen LogP contribution in [-0.2, 0) is 6.54 Å². The molecule has 19 heavy (non-hydrogen) atoms. The highest BCUT2D eigenvalue weighted by Crippen LogP contribution is 2.31. The number of halogens is 1. The van der Waals surface area contributed by atoms with Gasteiger partial charge >= 0.3 is 0 Å². The van der Waals surface area contributed by atoms with Crippen LogP contribution in [0.25, 0.3) is 0 Å². The van der Waals surface area contributed by atoms with Gasteiger partial charge in [0.15, 0.2) is 0 Å². The van der Waals surface area contributed by atoms with E-state index in [-0.39, 0.29) is 5.75 Å².